The van der Waals surface area contributed by atoms with Crippen LogP contribution in [0, 0.1) is 5.92 Å². The normalized spacial score (nSPS) is 16.8. The number of likely N-dealkylation sites (tertiary alicyclic amines) is 1. The molecule has 2 N–H and O–H groups in total. The van der Waals surface area contributed by atoms with Crippen LogP contribution < -0.4 is 10.6 Å². The van der Waals surface area contributed by atoms with Crippen molar-refractivity contribution in [1.29, 1.82) is 0 Å². The molecule has 1 fully saturated rings. The zero-order valence-corrected chi connectivity index (χ0v) is 19.1. The molecular formula is C24H30BrN3O2. The monoisotopic (exact) mass is 471 g/mol. The Labute approximate surface area is 187 Å². The van der Waals surface area contributed by atoms with Crippen LogP contribution in [0.15, 0.2) is 53.0 Å². The van der Waals surface area contributed by atoms with Crippen molar-refractivity contribution in [3.63, 3.8) is 0 Å². The molecule has 6 heteroatoms. The molecule has 160 valence electrons. The summed E-state index contributed by atoms with van der Waals surface area (Å²) in [5.74, 6) is 0.541. The standard InChI is InChI=1S/C24H30BrN3O2/c1-18-3-2-14-28(16-18)17-20-6-4-19(5-7-20)15-27-23(29)12-13-26-24(30)21-8-10-22(25)11-9-21/h4-11,18H,2-3,12-17H2,1H3,(H,26,30)(H,27,29). The van der Waals surface area contributed by atoms with Crippen LogP contribution in [0.25, 0.3) is 0 Å². The van der Waals surface area contributed by atoms with Crippen LogP contribution in [-0.2, 0) is 17.9 Å². The summed E-state index contributed by atoms with van der Waals surface area (Å²) in [5.41, 5.74) is 2.98. The minimum atomic E-state index is -0.172. The number of carbonyl (C=O) groups is 2. The van der Waals surface area contributed by atoms with Crippen LogP contribution >= 0.6 is 15.9 Å². The molecule has 0 saturated carbocycles. The van der Waals surface area contributed by atoms with Gasteiger partial charge in [0.05, 0.1) is 0 Å². The third kappa shape index (κ3) is 7.26. The Balaban J connectivity index is 1.35. The summed E-state index contributed by atoms with van der Waals surface area (Å²) in [6, 6.07) is 15.6. The molecule has 0 spiro atoms. The number of hydrogen-bond acceptors (Lipinski definition) is 3. The zero-order valence-electron chi connectivity index (χ0n) is 17.5. The number of amides is 2. The highest BCUT2D eigenvalue weighted by molar-refractivity contribution is 9.10. The molecule has 1 aliphatic heterocycles. The second-order valence-corrected chi connectivity index (χ2v) is 9.00. The van der Waals surface area contributed by atoms with E-state index in [0.717, 1.165) is 22.5 Å². The number of halogens is 1. The fourth-order valence-electron chi connectivity index (χ4n) is 3.73. The van der Waals surface area contributed by atoms with Gasteiger partial charge in [-0.25, -0.2) is 0 Å². The largest absolute Gasteiger partial charge is 0.352 e. The van der Waals surface area contributed by atoms with E-state index in [-0.39, 0.29) is 18.2 Å². The predicted octanol–water partition coefficient (Wildman–Crippen LogP) is 4.12. The van der Waals surface area contributed by atoms with Gasteiger partial charge in [-0.3, -0.25) is 14.5 Å². The molecule has 1 unspecified atom stereocenters. The minimum absolute atomic E-state index is 0.0718. The zero-order chi connectivity index (χ0) is 21.3. The minimum Gasteiger partial charge on any atom is -0.352 e. The quantitative estimate of drug-likeness (QED) is 0.608. The maximum Gasteiger partial charge on any atom is 0.251 e. The van der Waals surface area contributed by atoms with Crippen molar-refractivity contribution in [3.05, 3.63) is 69.7 Å². The van der Waals surface area contributed by atoms with Crippen LogP contribution in [0.1, 0.15) is 47.7 Å². The van der Waals surface area contributed by atoms with Crippen LogP contribution in [0.3, 0.4) is 0 Å². The average Bonchev–Trinajstić information content (AvgIpc) is 2.74. The number of rotatable bonds is 8. The van der Waals surface area contributed by atoms with Crippen molar-refractivity contribution in [1.82, 2.24) is 15.5 Å². The average molecular weight is 472 g/mol. The molecule has 1 heterocycles. The summed E-state index contributed by atoms with van der Waals surface area (Å²) in [7, 11) is 0. The van der Waals surface area contributed by atoms with E-state index in [4.69, 9.17) is 0 Å². The van der Waals surface area contributed by atoms with E-state index in [2.05, 4.69) is 62.7 Å². The van der Waals surface area contributed by atoms with Gasteiger partial charge in [0.2, 0.25) is 5.91 Å². The van der Waals surface area contributed by atoms with Crippen molar-refractivity contribution < 1.29 is 9.59 Å². The number of hydrogen-bond donors (Lipinski definition) is 2. The Morgan fingerprint density at radius 3 is 2.43 bits per heavy atom. The smallest absolute Gasteiger partial charge is 0.251 e. The highest BCUT2D eigenvalue weighted by Crippen LogP contribution is 2.18. The lowest BCUT2D eigenvalue weighted by atomic mass is 9.99. The lowest BCUT2D eigenvalue weighted by molar-refractivity contribution is -0.121. The first-order valence-electron chi connectivity index (χ1n) is 10.6. The highest BCUT2D eigenvalue weighted by atomic mass is 79.9. The number of carbonyl (C=O) groups excluding carboxylic acids is 2. The Morgan fingerprint density at radius 2 is 1.73 bits per heavy atom. The van der Waals surface area contributed by atoms with Crippen molar-refractivity contribution >= 4 is 27.7 Å². The molecule has 0 bridgehead atoms. The van der Waals surface area contributed by atoms with Gasteiger partial charge in [-0.2, -0.15) is 0 Å². The molecule has 2 amide bonds. The molecule has 2 aromatic carbocycles. The Morgan fingerprint density at radius 1 is 1.03 bits per heavy atom. The van der Waals surface area contributed by atoms with Gasteiger partial charge in [0.1, 0.15) is 0 Å². The first-order chi connectivity index (χ1) is 14.5. The number of nitrogens with one attached hydrogen (secondary N) is 2. The van der Waals surface area contributed by atoms with E-state index in [9.17, 15) is 9.59 Å². The van der Waals surface area contributed by atoms with Gasteiger partial charge < -0.3 is 10.6 Å². The molecule has 0 aliphatic carbocycles. The molecule has 1 atom stereocenters. The third-order valence-corrected chi connectivity index (χ3v) is 5.93. The summed E-state index contributed by atoms with van der Waals surface area (Å²) in [6.07, 6.45) is 2.88. The first kappa shape index (κ1) is 22.5. The topological polar surface area (TPSA) is 61.4 Å². The molecular weight excluding hydrogens is 442 g/mol. The van der Waals surface area contributed by atoms with Crippen molar-refractivity contribution in [2.45, 2.75) is 39.3 Å². The molecule has 5 nitrogen and oxygen atoms in total. The molecule has 30 heavy (non-hydrogen) atoms. The van der Waals surface area contributed by atoms with E-state index < -0.39 is 0 Å². The fraction of sp³-hybridized carbons (Fsp3) is 0.417. The van der Waals surface area contributed by atoms with E-state index in [0.29, 0.717) is 18.7 Å². The Kier molecular flexibility index (Phi) is 8.46. The first-order valence-corrected chi connectivity index (χ1v) is 11.4. The molecule has 1 saturated heterocycles. The molecule has 3 rings (SSSR count). The van der Waals surface area contributed by atoms with Crippen molar-refractivity contribution in [2.75, 3.05) is 19.6 Å². The lowest BCUT2D eigenvalue weighted by Crippen LogP contribution is -2.33. The van der Waals surface area contributed by atoms with Gasteiger partial charge >= 0.3 is 0 Å². The van der Waals surface area contributed by atoms with Gasteiger partial charge in [-0.1, -0.05) is 47.1 Å². The van der Waals surface area contributed by atoms with Gasteiger partial charge in [0, 0.05) is 42.6 Å². The summed E-state index contributed by atoms with van der Waals surface area (Å²) in [6.45, 7) is 6.49. The van der Waals surface area contributed by atoms with E-state index in [1.807, 2.05) is 12.1 Å². The van der Waals surface area contributed by atoms with Gasteiger partial charge in [0.15, 0.2) is 0 Å². The predicted molar refractivity (Wildman–Crippen MR) is 123 cm³/mol. The fourth-order valence-corrected chi connectivity index (χ4v) is 4.00. The van der Waals surface area contributed by atoms with Crippen LogP contribution in [0.5, 0.6) is 0 Å². The maximum absolute atomic E-state index is 12.1. The van der Waals surface area contributed by atoms with Crippen LogP contribution in [0.2, 0.25) is 0 Å². The highest BCUT2D eigenvalue weighted by Gasteiger charge is 2.16. The Bertz CT molecular complexity index is 837. The van der Waals surface area contributed by atoms with Crippen molar-refractivity contribution in [3.8, 4) is 0 Å². The number of benzene rings is 2. The number of nitrogens with zero attached hydrogens (tertiary/aromatic N) is 1. The molecule has 2 aromatic rings. The van der Waals surface area contributed by atoms with Gasteiger partial charge in [0.25, 0.3) is 5.91 Å². The summed E-state index contributed by atoms with van der Waals surface area (Å²) >= 11 is 3.34. The molecule has 0 radical (unpaired) electrons. The maximum atomic E-state index is 12.1. The SMILES string of the molecule is CC1CCCN(Cc2ccc(CNC(=O)CCNC(=O)c3ccc(Br)cc3)cc2)C1. The van der Waals surface area contributed by atoms with E-state index >= 15 is 0 Å². The summed E-state index contributed by atoms with van der Waals surface area (Å²) < 4.78 is 0.924. The lowest BCUT2D eigenvalue weighted by Gasteiger charge is -2.30. The van der Waals surface area contributed by atoms with E-state index in [1.165, 1.54) is 31.5 Å². The molecule has 0 aromatic heterocycles. The second-order valence-electron chi connectivity index (χ2n) is 8.09. The van der Waals surface area contributed by atoms with Crippen molar-refractivity contribution in [2.24, 2.45) is 5.92 Å². The Hall–Kier alpha value is -2.18. The third-order valence-electron chi connectivity index (χ3n) is 5.40. The van der Waals surface area contributed by atoms with Crippen LogP contribution in [0.4, 0.5) is 0 Å². The summed E-state index contributed by atoms with van der Waals surface area (Å²) in [5, 5.41) is 5.70. The van der Waals surface area contributed by atoms with Crippen LogP contribution in [-0.4, -0.2) is 36.3 Å². The summed E-state index contributed by atoms with van der Waals surface area (Å²) in [4.78, 5) is 26.6. The second kappa shape index (κ2) is 11.3. The van der Waals surface area contributed by atoms with Gasteiger partial charge in [-0.15, -0.1) is 0 Å². The molecule has 1 aliphatic rings. The van der Waals surface area contributed by atoms with Gasteiger partial charge in [-0.05, 0) is 60.7 Å². The van der Waals surface area contributed by atoms with E-state index in [1.54, 1.807) is 12.1 Å². The number of piperidine rings is 1.